The van der Waals surface area contributed by atoms with Crippen LogP contribution in [0.25, 0.3) is 0 Å². The molecule has 0 heterocycles. The quantitative estimate of drug-likeness (QED) is 0.824. The third kappa shape index (κ3) is 4.21. The van der Waals surface area contributed by atoms with Crippen molar-refractivity contribution < 1.29 is 13.9 Å². The maximum absolute atomic E-state index is 13.1. The van der Waals surface area contributed by atoms with Gasteiger partial charge in [0.15, 0.2) is 6.61 Å². The van der Waals surface area contributed by atoms with E-state index in [0.29, 0.717) is 23.8 Å². The molecule has 1 aromatic carbocycles. The molecule has 0 spiro atoms. The largest absolute Gasteiger partial charge is 0.483 e. The van der Waals surface area contributed by atoms with Crippen LogP contribution in [0.15, 0.2) is 18.2 Å². The second-order valence-electron chi connectivity index (χ2n) is 5.01. The highest BCUT2D eigenvalue weighted by Gasteiger charge is 2.21. The molecule has 2 rings (SSSR count). The van der Waals surface area contributed by atoms with Gasteiger partial charge >= 0.3 is 0 Å². The summed E-state index contributed by atoms with van der Waals surface area (Å²) in [6.07, 6.45) is 2.38. The van der Waals surface area contributed by atoms with Gasteiger partial charge in [0.05, 0.1) is 0 Å². The van der Waals surface area contributed by atoms with E-state index in [2.05, 4.69) is 5.32 Å². The normalized spacial score (nSPS) is 15.9. The van der Waals surface area contributed by atoms with Crippen LogP contribution in [0.3, 0.4) is 0 Å². The standard InChI is InChI=1S/C14H19FN2O2/c1-9(16)12-6-11(15)4-5-13(12)19-8-14(18)17-7-10-2-3-10/h4-6,9-10H,2-3,7-8,16H2,1H3,(H,17,18)/t9-/m0/s1. The van der Waals surface area contributed by atoms with E-state index in [1.165, 1.54) is 31.0 Å². The van der Waals surface area contributed by atoms with Crippen molar-refractivity contribution in [2.75, 3.05) is 13.2 Å². The first-order valence-corrected chi connectivity index (χ1v) is 6.51. The van der Waals surface area contributed by atoms with Crippen LogP contribution in [0, 0.1) is 11.7 Å². The summed E-state index contributed by atoms with van der Waals surface area (Å²) >= 11 is 0. The fourth-order valence-corrected chi connectivity index (χ4v) is 1.78. The monoisotopic (exact) mass is 266 g/mol. The van der Waals surface area contributed by atoms with Gasteiger partial charge in [0.25, 0.3) is 5.91 Å². The summed E-state index contributed by atoms with van der Waals surface area (Å²) in [7, 11) is 0. The van der Waals surface area contributed by atoms with Gasteiger partial charge in [-0.1, -0.05) is 0 Å². The van der Waals surface area contributed by atoms with Crippen molar-refractivity contribution in [1.29, 1.82) is 0 Å². The van der Waals surface area contributed by atoms with E-state index in [4.69, 9.17) is 10.5 Å². The Hall–Kier alpha value is -1.62. The summed E-state index contributed by atoms with van der Waals surface area (Å²) in [5, 5.41) is 2.81. The molecule has 0 aromatic heterocycles. The summed E-state index contributed by atoms with van der Waals surface area (Å²) < 4.78 is 18.5. The number of nitrogens with two attached hydrogens (primary N) is 1. The average molecular weight is 266 g/mol. The van der Waals surface area contributed by atoms with Crippen LogP contribution in [-0.2, 0) is 4.79 Å². The molecule has 104 valence electrons. The number of halogens is 1. The van der Waals surface area contributed by atoms with Crippen molar-refractivity contribution in [3.8, 4) is 5.75 Å². The summed E-state index contributed by atoms with van der Waals surface area (Å²) in [5.41, 5.74) is 6.31. The molecule has 19 heavy (non-hydrogen) atoms. The van der Waals surface area contributed by atoms with Crippen LogP contribution in [-0.4, -0.2) is 19.1 Å². The molecule has 1 fully saturated rings. The van der Waals surface area contributed by atoms with Crippen LogP contribution in [0.5, 0.6) is 5.75 Å². The van der Waals surface area contributed by atoms with E-state index in [1.54, 1.807) is 6.92 Å². The number of ether oxygens (including phenoxy) is 1. The lowest BCUT2D eigenvalue weighted by atomic mass is 10.1. The highest BCUT2D eigenvalue weighted by Crippen LogP contribution is 2.27. The van der Waals surface area contributed by atoms with Gasteiger partial charge < -0.3 is 15.8 Å². The number of hydrogen-bond donors (Lipinski definition) is 2. The molecule has 4 nitrogen and oxygen atoms in total. The van der Waals surface area contributed by atoms with Gasteiger partial charge in [-0.05, 0) is 43.9 Å². The second-order valence-corrected chi connectivity index (χ2v) is 5.01. The number of benzene rings is 1. The van der Waals surface area contributed by atoms with Gasteiger partial charge in [0.1, 0.15) is 11.6 Å². The van der Waals surface area contributed by atoms with Gasteiger partial charge in [-0.2, -0.15) is 0 Å². The Morgan fingerprint density at radius 1 is 1.58 bits per heavy atom. The molecule has 1 saturated carbocycles. The molecule has 1 atom stereocenters. The van der Waals surface area contributed by atoms with Crippen LogP contribution in [0.2, 0.25) is 0 Å². The fourth-order valence-electron chi connectivity index (χ4n) is 1.78. The van der Waals surface area contributed by atoms with Crippen LogP contribution < -0.4 is 15.8 Å². The number of amides is 1. The highest BCUT2D eigenvalue weighted by molar-refractivity contribution is 5.77. The minimum absolute atomic E-state index is 0.0714. The zero-order valence-corrected chi connectivity index (χ0v) is 11.0. The number of carbonyl (C=O) groups excluding carboxylic acids is 1. The summed E-state index contributed by atoms with van der Waals surface area (Å²) in [6, 6.07) is 3.79. The lowest BCUT2D eigenvalue weighted by Gasteiger charge is -2.14. The van der Waals surface area contributed by atoms with E-state index in [-0.39, 0.29) is 24.4 Å². The van der Waals surface area contributed by atoms with Gasteiger partial charge in [0.2, 0.25) is 0 Å². The van der Waals surface area contributed by atoms with Gasteiger partial charge in [-0.25, -0.2) is 4.39 Å². The lowest BCUT2D eigenvalue weighted by Crippen LogP contribution is -2.30. The smallest absolute Gasteiger partial charge is 0.257 e. The first kappa shape index (κ1) is 13.8. The van der Waals surface area contributed by atoms with E-state index in [0.717, 1.165) is 0 Å². The molecule has 0 unspecified atom stereocenters. The zero-order chi connectivity index (χ0) is 13.8. The van der Waals surface area contributed by atoms with Crippen LogP contribution >= 0.6 is 0 Å². The van der Waals surface area contributed by atoms with Crippen LogP contribution in [0.4, 0.5) is 4.39 Å². The fraction of sp³-hybridized carbons (Fsp3) is 0.500. The lowest BCUT2D eigenvalue weighted by molar-refractivity contribution is -0.123. The third-order valence-corrected chi connectivity index (χ3v) is 3.11. The maximum atomic E-state index is 13.1. The SMILES string of the molecule is C[C@H](N)c1cc(F)ccc1OCC(=O)NCC1CC1. The van der Waals surface area contributed by atoms with Gasteiger partial charge in [-0.3, -0.25) is 4.79 Å². The minimum Gasteiger partial charge on any atom is -0.483 e. The van der Waals surface area contributed by atoms with Crippen molar-refractivity contribution >= 4 is 5.91 Å². The molecule has 1 aromatic rings. The third-order valence-electron chi connectivity index (χ3n) is 3.11. The topological polar surface area (TPSA) is 64.3 Å². The molecule has 1 aliphatic rings. The van der Waals surface area contributed by atoms with E-state index in [1.807, 2.05) is 0 Å². The van der Waals surface area contributed by atoms with E-state index in [9.17, 15) is 9.18 Å². The number of carbonyl (C=O) groups is 1. The highest BCUT2D eigenvalue weighted by atomic mass is 19.1. The Balaban J connectivity index is 1.88. The molecule has 1 amide bonds. The molecular weight excluding hydrogens is 247 g/mol. The molecular formula is C14H19FN2O2. The zero-order valence-electron chi connectivity index (χ0n) is 11.0. The first-order chi connectivity index (χ1) is 9.06. The average Bonchev–Trinajstić information content (AvgIpc) is 3.18. The Labute approximate surface area is 112 Å². The Morgan fingerprint density at radius 3 is 2.95 bits per heavy atom. The Bertz CT molecular complexity index is 459. The van der Waals surface area contributed by atoms with Gasteiger partial charge in [0, 0.05) is 18.2 Å². The molecule has 0 aliphatic heterocycles. The number of nitrogens with one attached hydrogen (secondary N) is 1. The van der Waals surface area contributed by atoms with Crippen LogP contribution in [0.1, 0.15) is 31.4 Å². The Kier molecular flexibility index (Phi) is 4.37. The first-order valence-electron chi connectivity index (χ1n) is 6.51. The van der Waals surface area contributed by atoms with E-state index >= 15 is 0 Å². The summed E-state index contributed by atoms with van der Waals surface area (Å²) in [5.74, 6) is 0.567. The summed E-state index contributed by atoms with van der Waals surface area (Å²) in [6.45, 7) is 2.39. The molecule has 0 saturated heterocycles. The summed E-state index contributed by atoms with van der Waals surface area (Å²) in [4.78, 5) is 11.6. The minimum atomic E-state index is -0.363. The maximum Gasteiger partial charge on any atom is 0.257 e. The molecule has 5 heteroatoms. The predicted molar refractivity (Wildman–Crippen MR) is 70.2 cm³/mol. The van der Waals surface area contributed by atoms with Gasteiger partial charge in [-0.15, -0.1) is 0 Å². The van der Waals surface area contributed by atoms with Crippen molar-refractivity contribution in [3.05, 3.63) is 29.6 Å². The van der Waals surface area contributed by atoms with Crippen molar-refractivity contribution in [1.82, 2.24) is 5.32 Å². The second kappa shape index (κ2) is 6.02. The number of hydrogen-bond acceptors (Lipinski definition) is 3. The Morgan fingerprint density at radius 2 is 2.32 bits per heavy atom. The molecule has 3 N–H and O–H groups in total. The molecule has 0 bridgehead atoms. The molecule has 0 radical (unpaired) electrons. The van der Waals surface area contributed by atoms with Crippen molar-refractivity contribution in [3.63, 3.8) is 0 Å². The van der Waals surface area contributed by atoms with Crippen molar-refractivity contribution in [2.24, 2.45) is 11.7 Å². The number of rotatable bonds is 6. The predicted octanol–water partition coefficient (Wildman–Crippen LogP) is 1.75. The van der Waals surface area contributed by atoms with E-state index < -0.39 is 0 Å². The van der Waals surface area contributed by atoms with Crippen molar-refractivity contribution in [2.45, 2.75) is 25.8 Å². The molecule has 1 aliphatic carbocycles.